The van der Waals surface area contributed by atoms with Gasteiger partial charge in [-0.3, -0.25) is 14.1 Å². The van der Waals surface area contributed by atoms with Crippen LogP contribution in [0.2, 0.25) is 0 Å². The quantitative estimate of drug-likeness (QED) is 0.0924. The number of hydrogen-bond acceptors (Lipinski definition) is 8. The van der Waals surface area contributed by atoms with E-state index in [1.54, 1.807) is 0 Å². The van der Waals surface area contributed by atoms with E-state index in [0.717, 1.165) is 51.4 Å². The number of cyclic esters (lactones) is 1. The molecule has 0 amide bonds. The van der Waals surface area contributed by atoms with Crippen molar-refractivity contribution in [3.8, 4) is 0 Å². The largest absolute Gasteiger partial charge is 0.470 e. The van der Waals surface area contributed by atoms with Gasteiger partial charge in [0.05, 0.1) is 5.92 Å². The highest BCUT2D eigenvalue weighted by atomic mass is 31.2. The van der Waals surface area contributed by atoms with Crippen molar-refractivity contribution in [1.29, 1.82) is 0 Å². The highest BCUT2D eigenvalue weighted by Crippen LogP contribution is 2.39. The summed E-state index contributed by atoms with van der Waals surface area (Å²) in [5.41, 5.74) is 0. The van der Waals surface area contributed by atoms with Crippen LogP contribution in [0.5, 0.6) is 0 Å². The van der Waals surface area contributed by atoms with E-state index < -0.39 is 50.5 Å². The van der Waals surface area contributed by atoms with Crippen molar-refractivity contribution in [3.05, 3.63) is 0 Å². The van der Waals surface area contributed by atoms with Crippen LogP contribution in [0.15, 0.2) is 0 Å². The first-order valence-corrected chi connectivity index (χ1v) is 14.5. The lowest BCUT2D eigenvalue weighted by molar-refractivity contribution is -0.159. The molecule has 1 aliphatic heterocycles. The number of esters is 2. The summed E-state index contributed by atoms with van der Waals surface area (Å²) in [5.74, 6) is -3.22. The number of rotatable bonds is 20. The fraction of sp³-hybridized carbons (Fsp3) is 0.875. The van der Waals surface area contributed by atoms with E-state index >= 15 is 0 Å². The van der Waals surface area contributed by atoms with Crippen LogP contribution in [0.3, 0.4) is 0 Å². The van der Waals surface area contributed by atoms with Gasteiger partial charge >= 0.3 is 19.8 Å². The van der Waals surface area contributed by atoms with E-state index in [2.05, 4.69) is 18.4 Å². The number of unbranched alkanes of at least 4 members (excludes halogenated alkanes) is 10. The first-order chi connectivity index (χ1) is 16.6. The summed E-state index contributed by atoms with van der Waals surface area (Å²) in [6.07, 6.45) is 9.11. The molecule has 1 fully saturated rings. The average Bonchev–Trinajstić information content (AvgIpc) is 3.07. The molecule has 10 nitrogen and oxygen atoms in total. The molecule has 11 heteroatoms. The van der Waals surface area contributed by atoms with Gasteiger partial charge in [0.15, 0.2) is 6.10 Å². The second-order valence-corrected chi connectivity index (χ2v) is 10.4. The van der Waals surface area contributed by atoms with Gasteiger partial charge in [0, 0.05) is 0 Å². The molecule has 35 heavy (non-hydrogen) atoms. The Morgan fingerprint density at radius 3 is 1.89 bits per heavy atom. The van der Waals surface area contributed by atoms with E-state index in [4.69, 9.17) is 19.3 Å². The Kier molecular flexibility index (Phi) is 15.6. The summed E-state index contributed by atoms with van der Waals surface area (Å²) >= 11 is 0. The first kappa shape index (κ1) is 31.7. The molecule has 0 bridgehead atoms. The third kappa shape index (κ3) is 13.0. The molecule has 3 N–H and O–H groups in total. The highest BCUT2D eigenvalue weighted by Gasteiger charge is 2.50. The first-order valence-electron chi connectivity index (χ1n) is 12.9. The Hall–Kier alpha value is -1.32. The van der Waals surface area contributed by atoms with Crippen LogP contribution >= 0.6 is 7.82 Å². The lowest BCUT2D eigenvalue weighted by atomic mass is 9.94. The van der Waals surface area contributed by atoms with E-state index in [-0.39, 0.29) is 5.92 Å². The van der Waals surface area contributed by atoms with Crippen molar-refractivity contribution < 1.29 is 47.8 Å². The number of aliphatic hydroxyl groups excluding tert-OH is 1. The molecule has 4 atom stereocenters. The zero-order chi connectivity index (χ0) is 26.3. The Labute approximate surface area is 208 Å². The molecular formula is C24H43O10P. The lowest BCUT2D eigenvalue weighted by Crippen LogP contribution is -2.39. The van der Waals surface area contributed by atoms with Crippen LogP contribution < -0.4 is 0 Å². The minimum Gasteiger partial charge on any atom is -0.463 e. The van der Waals surface area contributed by atoms with Crippen LogP contribution in [0.1, 0.15) is 104 Å². The number of Topliss-reactive ketones (excluding diaryl/α,β-unsaturated/α-hetero) is 1. The summed E-state index contributed by atoms with van der Waals surface area (Å²) in [7, 11) is -5.12. The molecule has 0 aromatic carbocycles. The second-order valence-electron chi connectivity index (χ2n) is 9.24. The minimum absolute atomic E-state index is 0.313. The predicted molar refractivity (Wildman–Crippen MR) is 128 cm³/mol. The van der Waals surface area contributed by atoms with Gasteiger partial charge in [-0.2, -0.15) is 0 Å². The summed E-state index contributed by atoms with van der Waals surface area (Å²) in [6, 6.07) is 0. The van der Waals surface area contributed by atoms with Gasteiger partial charge in [-0.1, -0.05) is 90.9 Å². The van der Waals surface area contributed by atoms with E-state index in [1.807, 2.05) is 0 Å². The van der Waals surface area contributed by atoms with Crippen molar-refractivity contribution in [2.24, 2.45) is 5.92 Å². The summed E-state index contributed by atoms with van der Waals surface area (Å²) in [4.78, 5) is 54.3. The molecule has 1 saturated heterocycles. The molecule has 0 spiro atoms. The maximum Gasteiger partial charge on any atom is 0.470 e. The molecular weight excluding hydrogens is 479 g/mol. The van der Waals surface area contributed by atoms with Gasteiger partial charge in [-0.15, -0.1) is 0 Å². The minimum atomic E-state index is -5.12. The van der Waals surface area contributed by atoms with Crippen molar-refractivity contribution in [2.75, 3.05) is 6.61 Å². The van der Waals surface area contributed by atoms with E-state index in [0.29, 0.717) is 12.8 Å². The summed E-state index contributed by atoms with van der Waals surface area (Å²) in [5, 5.41) is 10.2. The molecule has 204 valence electrons. The van der Waals surface area contributed by atoms with Gasteiger partial charge in [-0.05, 0) is 12.8 Å². The number of ketones is 1. The van der Waals surface area contributed by atoms with E-state index in [1.165, 1.54) is 25.7 Å². The smallest absolute Gasteiger partial charge is 0.463 e. The Morgan fingerprint density at radius 1 is 0.914 bits per heavy atom. The number of aliphatic hydroxyl groups is 1. The number of carbonyl (C=O) groups is 3. The van der Waals surface area contributed by atoms with Crippen molar-refractivity contribution >= 4 is 25.5 Å². The van der Waals surface area contributed by atoms with Crippen LogP contribution in [0, 0.1) is 5.92 Å². The predicted octanol–water partition coefficient (Wildman–Crippen LogP) is 3.98. The van der Waals surface area contributed by atoms with Crippen molar-refractivity contribution in [3.63, 3.8) is 0 Å². The molecule has 0 saturated carbocycles. The van der Waals surface area contributed by atoms with Gasteiger partial charge in [0.1, 0.15) is 12.7 Å². The molecule has 1 rings (SSSR count). The SMILES string of the molecule is CCCCCCCCCC(CCCCCCC)C(=O)OC[C@H](O)[C@H]1OC(=O)C(OP(=O)(O)O)C1=O. The fourth-order valence-electron chi connectivity index (χ4n) is 4.11. The zero-order valence-electron chi connectivity index (χ0n) is 21.1. The Balaban J connectivity index is 2.55. The monoisotopic (exact) mass is 522 g/mol. The number of carbonyl (C=O) groups excluding carboxylic acids is 3. The third-order valence-corrected chi connectivity index (χ3v) is 6.62. The van der Waals surface area contributed by atoms with Gasteiger partial charge in [0.25, 0.3) is 0 Å². The van der Waals surface area contributed by atoms with Crippen LogP contribution in [-0.2, 0) is 32.9 Å². The molecule has 2 unspecified atom stereocenters. The average molecular weight is 523 g/mol. The number of phosphoric ester groups is 1. The fourth-order valence-corrected chi connectivity index (χ4v) is 4.57. The second kappa shape index (κ2) is 17.2. The molecule has 0 aliphatic carbocycles. The highest BCUT2D eigenvalue weighted by molar-refractivity contribution is 7.46. The topological polar surface area (TPSA) is 157 Å². The Bertz CT molecular complexity index is 692. The number of hydrogen-bond donors (Lipinski definition) is 3. The zero-order valence-corrected chi connectivity index (χ0v) is 22.0. The Morgan fingerprint density at radius 2 is 1.40 bits per heavy atom. The third-order valence-electron chi connectivity index (χ3n) is 6.13. The molecule has 1 aliphatic rings. The molecule has 0 aromatic heterocycles. The number of phosphoric acid groups is 1. The van der Waals surface area contributed by atoms with Crippen molar-refractivity contribution in [1.82, 2.24) is 0 Å². The van der Waals surface area contributed by atoms with Gasteiger partial charge in [-0.25, -0.2) is 9.36 Å². The maximum absolute atomic E-state index is 12.7. The lowest BCUT2D eigenvalue weighted by Gasteiger charge is -2.19. The van der Waals surface area contributed by atoms with Crippen LogP contribution in [-0.4, -0.2) is 57.5 Å². The normalized spacial score (nSPS) is 20.0. The number of ether oxygens (including phenoxy) is 2. The summed E-state index contributed by atoms with van der Waals surface area (Å²) < 4.78 is 25.1. The molecule has 0 aromatic rings. The molecule has 0 radical (unpaired) electrons. The summed E-state index contributed by atoms with van der Waals surface area (Å²) in [6.45, 7) is 3.74. The van der Waals surface area contributed by atoms with Crippen molar-refractivity contribution in [2.45, 2.75) is 122 Å². The van der Waals surface area contributed by atoms with Crippen LogP contribution in [0.4, 0.5) is 0 Å². The van der Waals surface area contributed by atoms with Gasteiger partial charge in [0.2, 0.25) is 11.9 Å². The van der Waals surface area contributed by atoms with Crippen LogP contribution in [0.25, 0.3) is 0 Å². The maximum atomic E-state index is 12.7. The molecule has 1 heterocycles. The van der Waals surface area contributed by atoms with Gasteiger partial charge < -0.3 is 24.4 Å². The standard InChI is InChI=1S/C24H43O10P/c1-3-5-7-9-10-12-14-16-18(15-13-11-8-6-4-2)23(27)32-17-19(25)21-20(26)22(24(28)33-21)34-35(29,30)31/h18-19,21-22,25H,3-17H2,1-2H3,(H2,29,30,31)/t18?,19-,21+,22?/m0/s1. The van der Waals surface area contributed by atoms with E-state index in [9.17, 15) is 24.1 Å².